The fourth-order valence-corrected chi connectivity index (χ4v) is 3.92. The fraction of sp³-hybridized carbons (Fsp3) is 0.476. The minimum Gasteiger partial charge on any atom is -0.336 e. The molecule has 0 radical (unpaired) electrons. The van der Waals surface area contributed by atoms with Crippen molar-refractivity contribution in [2.24, 2.45) is 0 Å². The summed E-state index contributed by atoms with van der Waals surface area (Å²) in [6.07, 6.45) is 3.15. The number of hydrogen-bond donors (Lipinski definition) is 0. The Morgan fingerprint density at radius 3 is 2.62 bits per heavy atom. The van der Waals surface area contributed by atoms with E-state index >= 15 is 0 Å². The van der Waals surface area contributed by atoms with E-state index in [1.807, 2.05) is 47.7 Å². The molecule has 4 rings (SSSR count). The first-order valence-electron chi connectivity index (χ1n) is 10.1. The normalized spacial score (nSPS) is 16.9. The van der Waals surface area contributed by atoms with Gasteiger partial charge >= 0.3 is 0 Å². The van der Waals surface area contributed by atoms with Crippen LogP contribution in [0.1, 0.15) is 36.2 Å². The van der Waals surface area contributed by atoms with Gasteiger partial charge < -0.3 is 4.90 Å². The molecule has 1 saturated heterocycles. The van der Waals surface area contributed by atoms with E-state index in [-0.39, 0.29) is 18.5 Å². The lowest BCUT2D eigenvalue weighted by molar-refractivity contribution is -0.136. The lowest BCUT2D eigenvalue weighted by atomic mass is 10.0. The molecule has 29 heavy (non-hydrogen) atoms. The molecule has 3 aromatic rings. The number of hydrogen-bond acceptors (Lipinski definition) is 5. The molecule has 2 aromatic heterocycles. The molecule has 1 amide bonds. The van der Waals surface area contributed by atoms with Gasteiger partial charge in [-0.25, -0.2) is 0 Å². The molecule has 1 aliphatic rings. The Labute approximate surface area is 170 Å². The van der Waals surface area contributed by atoms with Crippen molar-refractivity contribution in [1.29, 1.82) is 0 Å². The van der Waals surface area contributed by atoms with Gasteiger partial charge in [0.15, 0.2) is 0 Å². The topological polar surface area (TPSA) is 81.7 Å². The zero-order chi connectivity index (χ0) is 20.4. The van der Waals surface area contributed by atoms with Gasteiger partial charge in [-0.1, -0.05) is 29.8 Å². The fourth-order valence-electron chi connectivity index (χ4n) is 3.92. The number of aryl methyl sites for hydroxylation is 3. The second kappa shape index (κ2) is 8.14. The van der Waals surface area contributed by atoms with Crippen LogP contribution < -0.4 is 0 Å². The molecular weight excluding hydrogens is 366 g/mol. The minimum atomic E-state index is 0.0316. The molecule has 1 fully saturated rings. The first-order valence-corrected chi connectivity index (χ1v) is 10.1. The van der Waals surface area contributed by atoms with Gasteiger partial charge in [0.05, 0.1) is 18.3 Å². The standard InChI is InChI=1S/C21H27N7O/c1-15-7-9-18(10-8-15)21-22-25-28(24-21)14-20(29)26-11-5-4-6-19(26)13-27-17(3)12-16(2)23-27/h7-10,12,19H,4-6,11,13-14H2,1-3H3. The van der Waals surface area contributed by atoms with Gasteiger partial charge in [0.1, 0.15) is 6.54 Å². The van der Waals surface area contributed by atoms with E-state index in [0.717, 1.165) is 49.3 Å². The second-order valence-corrected chi connectivity index (χ2v) is 7.86. The van der Waals surface area contributed by atoms with Crippen LogP contribution in [-0.2, 0) is 17.9 Å². The summed E-state index contributed by atoms with van der Waals surface area (Å²) in [5.74, 6) is 0.569. The number of tetrazole rings is 1. The maximum absolute atomic E-state index is 13.0. The van der Waals surface area contributed by atoms with E-state index in [0.29, 0.717) is 5.82 Å². The van der Waals surface area contributed by atoms with Gasteiger partial charge in [-0.2, -0.15) is 9.90 Å². The molecule has 8 heteroatoms. The van der Waals surface area contributed by atoms with Gasteiger partial charge in [0, 0.05) is 17.8 Å². The third-order valence-corrected chi connectivity index (χ3v) is 5.47. The van der Waals surface area contributed by atoms with E-state index in [4.69, 9.17) is 0 Å². The SMILES string of the molecule is Cc1ccc(-c2nnn(CC(=O)N3CCCCC3Cn3nc(C)cc3C)n2)cc1. The highest BCUT2D eigenvalue weighted by atomic mass is 16.2. The number of nitrogens with zero attached hydrogens (tertiary/aromatic N) is 7. The van der Waals surface area contributed by atoms with Gasteiger partial charge in [-0.05, 0) is 51.3 Å². The summed E-state index contributed by atoms with van der Waals surface area (Å²) in [6, 6.07) is 10.2. The first-order chi connectivity index (χ1) is 14.0. The Balaban J connectivity index is 1.45. The molecule has 1 aromatic carbocycles. The first kappa shape index (κ1) is 19.3. The monoisotopic (exact) mass is 393 g/mol. The van der Waals surface area contributed by atoms with Crippen LogP contribution in [0.2, 0.25) is 0 Å². The summed E-state index contributed by atoms with van der Waals surface area (Å²) >= 11 is 0. The second-order valence-electron chi connectivity index (χ2n) is 7.86. The van der Waals surface area contributed by atoms with Crippen LogP contribution >= 0.6 is 0 Å². The predicted octanol–water partition coefficient (Wildman–Crippen LogP) is 2.54. The highest BCUT2D eigenvalue weighted by molar-refractivity contribution is 5.76. The maximum Gasteiger partial charge on any atom is 0.246 e. The van der Waals surface area contributed by atoms with Gasteiger partial charge in [-0.15, -0.1) is 10.2 Å². The van der Waals surface area contributed by atoms with Crippen LogP contribution in [0.15, 0.2) is 30.3 Å². The lowest BCUT2D eigenvalue weighted by Gasteiger charge is -2.35. The number of carbonyl (C=O) groups is 1. The third-order valence-electron chi connectivity index (χ3n) is 5.47. The summed E-state index contributed by atoms with van der Waals surface area (Å²) in [5, 5.41) is 17.2. The van der Waals surface area contributed by atoms with Crippen molar-refractivity contribution >= 4 is 5.91 Å². The average Bonchev–Trinajstić information content (AvgIpc) is 3.29. The Morgan fingerprint density at radius 1 is 1.10 bits per heavy atom. The molecular formula is C21H27N7O. The lowest BCUT2D eigenvalue weighted by Crippen LogP contribution is -2.47. The number of rotatable bonds is 5. The molecule has 0 spiro atoms. The van der Waals surface area contributed by atoms with Crippen LogP contribution in [-0.4, -0.2) is 53.4 Å². The number of carbonyl (C=O) groups excluding carboxylic acids is 1. The van der Waals surface area contributed by atoms with Crippen molar-refractivity contribution in [3.05, 3.63) is 47.3 Å². The quantitative estimate of drug-likeness (QED) is 0.665. The highest BCUT2D eigenvalue weighted by Crippen LogP contribution is 2.20. The van der Waals surface area contributed by atoms with E-state index in [1.54, 1.807) is 0 Å². The van der Waals surface area contributed by atoms with Crippen LogP contribution in [0.3, 0.4) is 0 Å². The number of benzene rings is 1. The Hall–Kier alpha value is -3.03. The van der Waals surface area contributed by atoms with Crippen molar-refractivity contribution in [3.8, 4) is 11.4 Å². The summed E-state index contributed by atoms with van der Waals surface area (Å²) in [4.78, 5) is 16.4. The van der Waals surface area contributed by atoms with Crippen molar-refractivity contribution in [1.82, 2.24) is 34.9 Å². The molecule has 152 valence electrons. The van der Waals surface area contributed by atoms with Crippen molar-refractivity contribution in [3.63, 3.8) is 0 Å². The third kappa shape index (κ3) is 4.36. The van der Waals surface area contributed by atoms with Gasteiger partial charge in [0.25, 0.3) is 0 Å². The Kier molecular flexibility index (Phi) is 5.42. The Bertz CT molecular complexity index is 989. The van der Waals surface area contributed by atoms with Gasteiger partial charge in [-0.3, -0.25) is 9.48 Å². The zero-order valence-electron chi connectivity index (χ0n) is 17.2. The van der Waals surface area contributed by atoms with Crippen molar-refractivity contribution in [2.45, 2.75) is 59.2 Å². The van der Waals surface area contributed by atoms with Crippen molar-refractivity contribution < 1.29 is 4.79 Å². The highest BCUT2D eigenvalue weighted by Gasteiger charge is 2.28. The van der Waals surface area contributed by atoms with Crippen LogP contribution in [0.4, 0.5) is 0 Å². The molecule has 0 saturated carbocycles. The number of amides is 1. The van der Waals surface area contributed by atoms with E-state index in [1.165, 1.54) is 10.4 Å². The molecule has 1 aliphatic heterocycles. The number of piperidine rings is 1. The number of aromatic nitrogens is 6. The molecule has 8 nitrogen and oxygen atoms in total. The summed E-state index contributed by atoms with van der Waals surface area (Å²) in [5.41, 5.74) is 4.21. The van der Waals surface area contributed by atoms with E-state index in [2.05, 4.69) is 33.5 Å². The van der Waals surface area contributed by atoms with E-state index < -0.39 is 0 Å². The van der Waals surface area contributed by atoms with E-state index in [9.17, 15) is 4.79 Å². The summed E-state index contributed by atoms with van der Waals surface area (Å²) < 4.78 is 2.01. The molecule has 0 N–H and O–H groups in total. The van der Waals surface area contributed by atoms with Crippen LogP contribution in [0.5, 0.6) is 0 Å². The number of likely N-dealkylation sites (tertiary alicyclic amines) is 1. The zero-order valence-corrected chi connectivity index (χ0v) is 17.2. The smallest absolute Gasteiger partial charge is 0.246 e. The molecule has 0 bridgehead atoms. The van der Waals surface area contributed by atoms with Gasteiger partial charge in [0.2, 0.25) is 11.7 Å². The van der Waals surface area contributed by atoms with Crippen molar-refractivity contribution in [2.75, 3.05) is 6.54 Å². The maximum atomic E-state index is 13.0. The molecule has 1 unspecified atom stereocenters. The molecule has 1 atom stereocenters. The predicted molar refractivity (Wildman–Crippen MR) is 109 cm³/mol. The molecule has 0 aliphatic carbocycles. The average molecular weight is 393 g/mol. The molecule has 3 heterocycles. The van der Waals surface area contributed by atoms with Crippen LogP contribution in [0.25, 0.3) is 11.4 Å². The van der Waals surface area contributed by atoms with Crippen LogP contribution in [0, 0.1) is 20.8 Å². The minimum absolute atomic E-state index is 0.0316. The largest absolute Gasteiger partial charge is 0.336 e. The summed E-state index contributed by atoms with van der Waals surface area (Å²) in [7, 11) is 0. The Morgan fingerprint density at radius 2 is 1.90 bits per heavy atom. The summed E-state index contributed by atoms with van der Waals surface area (Å²) in [6.45, 7) is 7.68.